The van der Waals surface area contributed by atoms with Crippen LogP contribution in [0.15, 0.2) is 24.3 Å². The summed E-state index contributed by atoms with van der Waals surface area (Å²) in [6, 6.07) is 8.43. The molecule has 1 aliphatic rings. The minimum atomic E-state index is 0.142. The van der Waals surface area contributed by atoms with E-state index < -0.39 is 0 Å². The highest BCUT2D eigenvalue weighted by Crippen LogP contribution is 2.31. The monoisotopic (exact) mass is 247 g/mol. The van der Waals surface area contributed by atoms with Crippen LogP contribution in [-0.4, -0.2) is 31.6 Å². The van der Waals surface area contributed by atoms with Crippen molar-refractivity contribution in [1.82, 2.24) is 4.90 Å². The van der Waals surface area contributed by atoms with E-state index >= 15 is 0 Å². The van der Waals surface area contributed by atoms with E-state index in [0.29, 0.717) is 5.92 Å². The van der Waals surface area contributed by atoms with Crippen molar-refractivity contribution in [3.8, 4) is 5.75 Å². The topological polar surface area (TPSA) is 12.5 Å². The summed E-state index contributed by atoms with van der Waals surface area (Å²) in [6.45, 7) is 9.92. The molecule has 0 aromatic heterocycles. The number of nitrogens with zero attached hydrogens (tertiary/aromatic N) is 1. The molecule has 2 nitrogen and oxygen atoms in total. The van der Waals surface area contributed by atoms with Crippen LogP contribution in [0.2, 0.25) is 0 Å². The van der Waals surface area contributed by atoms with Gasteiger partial charge in [0.1, 0.15) is 5.75 Å². The zero-order valence-corrected chi connectivity index (χ0v) is 12.1. The maximum atomic E-state index is 6.07. The van der Waals surface area contributed by atoms with E-state index in [1.807, 2.05) is 0 Å². The van der Waals surface area contributed by atoms with Gasteiger partial charge < -0.3 is 9.64 Å². The Hall–Kier alpha value is -1.02. The maximum Gasteiger partial charge on any atom is 0.123 e. The lowest BCUT2D eigenvalue weighted by Gasteiger charge is -2.23. The second-order valence-electron chi connectivity index (χ2n) is 6.47. The molecule has 0 radical (unpaired) electrons. The Labute approximate surface area is 111 Å². The van der Waals surface area contributed by atoms with E-state index in [0.717, 1.165) is 18.9 Å². The van der Waals surface area contributed by atoms with Crippen molar-refractivity contribution in [3.05, 3.63) is 29.8 Å². The third-order valence-electron chi connectivity index (χ3n) is 3.66. The van der Waals surface area contributed by atoms with Gasteiger partial charge in [-0.3, -0.25) is 0 Å². The highest BCUT2D eigenvalue weighted by atomic mass is 16.5. The molecule has 2 rings (SSSR count). The molecule has 0 amide bonds. The van der Waals surface area contributed by atoms with Gasteiger partial charge in [-0.05, 0) is 37.1 Å². The predicted octanol–water partition coefficient (Wildman–Crippen LogP) is 3.31. The minimum Gasteiger partial charge on any atom is -0.493 e. The highest BCUT2D eigenvalue weighted by molar-refractivity contribution is 5.38. The molecule has 2 heteroatoms. The SMILES string of the molecule is CN1CCC(COc2ccccc2C(C)(C)C)C1. The summed E-state index contributed by atoms with van der Waals surface area (Å²) in [5.74, 6) is 1.74. The first kappa shape index (κ1) is 13.4. The Morgan fingerprint density at radius 2 is 2.00 bits per heavy atom. The van der Waals surface area contributed by atoms with Gasteiger partial charge in [0.15, 0.2) is 0 Å². The first-order chi connectivity index (χ1) is 8.47. The van der Waals surface area contributed by atoms with Crippen LogP contribution >= 0.6 is 0 Å². The van der Waals surface area contributed by atoms with Crippen LogP contribution in [0.4, 0.5) is 0 Å². The largest absolute Gasteiger partial charge is 0.493 e. The molecule has 1 aromatic carbocycles. The van der Waals surface area contributed by atoms with Crippen LogP contribution in [0, 0.1) is 5.92 Å². The van der Waals surface area contributed by atoms with Crippen molar-refractivity contribution in [1.29, 1.82) is 0 Å². The second-order valence-corrected chi connectivity index (χ2v) is 6.47. The summed E-state index contributed by atoms with van der Waals surface area (Å²) in [5, 5.41) is 0. The molecule has 1 unspecified atom stereocenters. The van der Waals surface area contributed by atoms with Crippen LogP contribution in [0.25, 0.3) is 0 Å². The van der Waals surface area contributed by atoms with Gasteiger partial charge in [-0.25, -0.2) is 0 Å². The quantitative estimate of drug-likeness (QED) is 0.812. The Morgan fingerprint density at radius 1 is 1.28 bits per heavy atom. The molecule has 1 fully saturated rings. The van der Waals surface area contributed by atoms with Crippen LogP contribution in [0.1, 0.15) is 32.8 Å². The number of para-hydroxylation sites is 1. The summed E-state index contributed by atoms with van der Waals surface area (Å²) in [6.07, 6.45) is 1.26. The fourth-order valence-corrected chi connectivity index (χ4v) is 2.58. The Balaban J connectivity index is 2.01. The van der Waals surface area contributed by atoms with E-state index in [1.165, 1.54) is 18.5 Å². The third-order valence-corrected chi connectivity index (χ3v) is 3.66. The normalized spacial score (nSPS) is 21.2. The third kappa shape index (κ3) is 3.26. The van der Waals surface area contributed by atoms with Gasteiger partial charge in [0.05, 0.1) is 6.61 Å². The molecule has 0 spiro atoms. The molecular formula is C16H25NO. The van der Waals surface area contributed by atoms with Crippen LogP contribution in [0.3, 0.4) is 0 Å². The maximum absolute atomic E-state index is 6.07. The molecule has 0 aliphatic carbocycles. The first-order valence-electron chi connectivity index (χ1n) is 6.87. The van der Waals surface area contributed by atoms with E-state index in [2.05, 4.69) is 57.0 Å². The fourth-order valence-electron chi connectivity index (χ4n) is 2.58. The molecule has 0 bridgehead atoms. The summed E-state index contributed by atoms with van der Waals surface area (Å²) in [4.78, 5) is 2.38. The summed E-state index contributed by atoms with van der Waals surface area (Å²) in [7, 11) is 2.18. The average Bonchev–Trinajstić information content (AvgIpc) is 2.72. The molecule has 1 atom stereocenters. The number of rotatable bonds is 3. The van der Waals surface area contributed by atoms with Crippen LogP contribution in [-0.2, 0) is 5.41 Å². The fraction of sp³-hybridized carbons (Fsp3) is 0.625. The molecule has 1 saturated heterocycles. The van der Waals surface area contributed by atoms with Gasteiger partial charge in [0, 0.05) is 12.5 Å². The van der Waals surface area contributed by atoms with Crippen molar-refractivity contribution in [3.63, 3.8) is 0 Å². The zero-order valence-electron chi connectivity index (χ0n) is 12.1. The van der Waals surface area contributed by atoms with Gasteiger partial charge >= 0.3 is 0 Å². The van der Waals surface area contributed by atoms with Crippen molar-refractivity contribution in [2.24, 2.45) is 5.92 Å². The van der Waals surface area contributed by atoms with E-state index in [-0.39, 0.29) is 5.41 Å². The van der Waals surface area contributed by atoms with Gasteiger partial charge in [-0.15, -0.1) is 0 Å². The van der Waals surface area contributed by atoms with Crippen molar-refractivity contribution in [2.45, 2.75) is 32.6 Å². The first-order valence-corrected chi connectivity index (χ1v) is 6.87. The van der Waals surface area contributed by atoms with E-state index in [9.17, 15) is 0 Å². The number of hydrogen-bond acceptors (Lipinski definition) is 2. The zero-order chi connectivity index (χ0) is 13.2. The number of hydrogen-bond donors (Lipinski definition) is 0. The predicted molar refractivity (Wildman–Crippen MR) is 76.2 cm³/mol. The summed E-state index contributed by atoms with van der Waals surface area (Å²) in [5.41, 5.74) is 1.44. The van der Waals surface area contributed by atoms with Crippen molar-refractivity contribution < 1.29 is 4.74 Å². The lowest BCUT2D eigenvalue weighted by molar-refractivity contribution is 0.244. The van der Waals surface area contributed by atoms with Gasteiger partial charge in [0.2, 0.25) is 0 Å². The van der Waals surface area contributed by atoms with Crippen molar-refractivity contribution >= 4 is 0 Å². The molecule has 0 saturated carbocycles. The molecule has 100 valence electrons. The molecule has 1 aliphatic heterocycles. The minimum absolute atomic E-state index is 0.142. The summed E-state index contributed by atoms with van der Waals surface area (Å²) < 4.78 is 6.07. The molecule has 18 heavy (non-hydrogen) atoms. The van der Waals surface area contributed by atoms with Crippen LogP contribution in [0.5, 0.6) is 5.75 Å². The lowest BCUT2D eigenvalue weighted by atomic mass is 9.86. The molecular weight excluding hydrogens is 222 g/mol. The van der Waals surface area contributed by atoms with Crippen molar-refractivity contribution in [2.75, 3.05) is 26.7 Å². The average molecular weight is 247 g/mol. The molecule has 1 aromatic rings. The summed E-state index contributed by atoms with van der Waals surface area (Å²) >= 11 is 0. The van der Waals surface area contributed by atoms with Gasteiger partial charge in [-0.2, -0.15) is 0 Å². The molecule has 0 N–H and O–H groups in total. The Bertz CT molecular complexity index is 394. The number of likely N-dealkylation sites (tertiary alicyclic amines) is 1. The number of ether oxygens (including phenoxy) is 1. The highest BCUT2D eigenvalue weighted by Gasteiger charge is 2.22. The van der Waals surface area contributed by atoms with E-state index in [1.54, 1.807) is 0 Å². The van der Waals surface area contributed by atoms with E-state index in [4.69, 9.17) is 4.74 Å². The van der Waals surface area contributed by atoms with Gasteiger partial charge in [-0.1, -0.05) is 39.0 Å². The van der Waals surface area contributed by atoms with Gasteiger partial charge in [0.25, 0.3) is 0 Å². The van der Waals surface area contributed by atoms with Crippen LogP contribution < -0.4 is 4.74 Å². The number of benzene rings is 1. The lowest BCUT2D eigenvalue weighted by Crippen LogP contribution is -2.19. The smallest absolute Gasteiger partial charge is 0.123 e. The molecule has 1 heterocycles. The Morgan fingerprint density at radius 3 is 2.61 bits per heavy atom. The standard InChI is InChI=1S/C16H25NO/c1-16(2,3)14-7-5-6-8-15(14)18-12-13-9-10-17(4)11-13/h5-8,13H,9-12H2,1-4H3. The Kier molecular flexibility index (Phi) is 3.96. The second kappa shape index (κ2) is 5.31.